The molecule has 2 N–H and O–H groups in total. The van der Waals surface area contributed by atoms with Crippen molar-refractivity contribution in [2.45, 2.75) is 53.0 Å². The first-order valence-corrected chi connectivity index (χ1v) is 10.7. The fourth-order valence-corrected chi connectivity index (χ4v) is 2.91. The number of oxazole rings is 1. The first-order valence-electron chi connectivity index (χ1n) is 10.7. The van der Waals surface area contributed by atoms with Gasteiger partial charge in [0.2, 0.25) is 5.89 Å². The highest BCUT2D eigenvalue weighted by Crippen LogP contribution is 2.18. The van der Waals surface area contributed by atoms with Crippen LogP contribution in [0.3, 0.4) is 0 Å². The number of nitrogens with zero attached hydrogens (tertiary/aromatic N) is 2. The fourth-order valence-electron chi connectivity index (χ4n) is 2.91. The number of ether oxygens (including phenoxy) is 1. The lowest BCUT2D eigenvalue weighted by atomic mass is 10.1. The average molecular weight is 548 g/mol. The maximum Gasteiger partial charge on any atom is 0.226 e. The van der Waals surface area contributed by atoms with Crippen LogP contribution in [0.15, 0.2) is 70.3 Å². The van der Waals surface area contributed by atoms with Gasteiger partial charge >= 0.3 is 0 Å². The summed E-state index contributed by atoms with van der Waals surface area (Å²) in [4.78, 5) is 9.27. The van der Waals surface area contributed by atoms with E-state index in [4.69, 9.17) is 14.1 Å². The number of hydrogen-bond acceptors (Lipinski definition) is 4. The molecule has 2 aromatic carbocycles. The van der Waals surface area contributed by atoms with E-state index < -0.39 is 0 Å². The molecule has 0 spiro atoms. The molecule has 0 radical (unpaired) electrons. The number of halogens is 1. The molecular weight excluding hydrogens is 515 g/mol. The van der Waals surface area contributed by atoms with Gasteiger partial charge in [0.1, 0.15) is 6.26 Å². The number of nitrogens with one attached hydrogen (secondary N) is 2. The van der Waals surface area contributed by atoms with Crippen molar-refractivity contribution in [2.24, 2.45) is 4.99 Å². The number of hydrogen-bond donors (Lipinski definition) is 2. The predicted molar refractivity (Wildman–Crippen MR) is 140 cm³/mol. The van der Waals surface area contributed by atoms with Crippen molar-refractivity contribution in [3.05, 3.63) is 77.7 Å². The van der Waals surface area contributed by atoms with Crippen molar-refractivity contribution in [3.8, 4) is 11.5 Å². The van der Waals surface area contributed by atoms with E-state index in [2.05, 4.69) is 54.6 Å². The Morgan fingerprint density at radius 1 is 1.03 bits per heavy atom. The Morgan fingerprint density at radius 3 is 2.50 bits per heavy atom. The van der Waals surface area contributed by atoms with E-state index in [1.807, 2.05) is 43.3 Å². The molecule has 172 valence electrons. The van der Waals surface area contributed by atoms with Crippen molar-refractivity contribution in [1.82, 2.24) is 15.6 Å². The molecule has 3 rings (SSSR count). The lowest BCUT2D eigenvalue weighted by Crippen LogP contribution is -2.36. The predicted octanol–water partition coefficient (Wildman–Crippen LogP) is 5.53. The summed E-state index contributed by atoms with van der Waals surface area (Å²) in [5, 5.41) is 6.60. The second-order valence-corrected chi connectivity index (χ2v) is 8.28. The zero-order valence-electron chi connectivity index (χ0n) is 19.2. The van der Waals surface area contributed by atoms with Crippen LogP contribution in [0.2, 0.25) is 0 Å². The summed E-state index contributed by atoms with van der Waals surface area (Å²) >= 11 is 0. The molecule has 0 saturated carbocycles. The maximum absolute atomic E-state index is 5.88. The van der Waals surface area contributed by atoms with Crippen LogP contribution in [0.1, 0.15) is 44.5 Å². The van der Waals surface area contributed by atoms with Crippen LogP contribution in [-0.2, 0) is 24.4 Å². The van der Waals surface area contributed by atoms with Crippen molar-refractivity contribution in [3.63, 3.8) is 0 Å². The number of benzene rings is 2. The highest BCUT2D eigenvalue weighted by molar-refractivity contribution is 14.0. The molecule has 0 fully saturated rings. The van der Waals surface area contributed by atoms with E-state index in [0.29, 0.717) is 25.6 Å². The monoisotopic (exact) mass is 548 g/mol. The van der Waals surface area contributed by atoms with Gasteiger partial charge in [-0.05, 0) is 51.0 Å². The molecule has 6 nitrogen and oxygen atoms in total. The minimum Gasteiger partial charge on any atom is -0.444 e. The molecule has 1 heterocycles. The highest BCUT2D eigenvalue weighted by atomic mass is 127. The van der Waals surface area contributed by atoms with Crippen LogP contribution in [0.4, 0.5) is 0 Å². The summed E-state index contributed by atoms with van der Waals surface area (Å²) in [6.07, 6.45) is 1.68. The largest absolute Gasteiger partial charge is 0.444 e. The topological polar surface area (TPSA) is 71.7 Å². The van der Waals surface area contributed by atoms with Gasteiger partial charge in [0.25, 0.3) is 0 Å². The highest BCUT2D eigenvalue weighted by Gasteiger charge is 2.10. The quantitative estimate of drug-likeness (QED) is 0.220. The van der Waals surface area contributed by atoms with E-state index >= 15 is 0 Å². The third-order valence-corrected chi connectivity index (χ3v) is 4.44. The second-order valence-electron chi connectivity index (χ2n) is 8.28. The Bertz CT molecular complexity index is 981. The minimum absolute atomic E-state index is 0. The van der Waals surface area contributed by atoms with Gasteiger partial charge in [-0.15, -0.1) is 24.0 Å². The maximum atomic E-state index is 5.88. The smallest absolute Gasteiger partial charge is 0.226 e. The molecule has 0 bridgehead atoms. The molecule has 0 aliphatic rings. The Hall–Kier alpha value is -2.39. The third kappa shape index (κ3) is 8.63. The van der Waals surface area contributed by atoms with Crippen molar-refractivity contribution in [2.75, 3.05) is 6.54 Å². The van der Waals surface area contributed by atoms with Crippen molar-refractivity contribution in [1.29, 1.82) is 0 Å². The summed E-state index contributed by atoms with van der Waals surface area (Å²) in [7, 11) is 0. The standard InChI is InChI=1S/C25H32N4O2.HI/c1-5-26-24(27-15-19-10-9-11-20(14-19)17-31-25(2,3)4)28-16-22-18-30-23(29-22)21-12-7-6-8-13-21;/h6-14,18H,5,15-17H2,1-4H3,(H2,26,27,28);1H. The summed E-state index contributed by atoms with van der Waals surface area (Å²) in [5.41, 5.74) is 3.92. The lowest BCUT2D eigenvalue weighted by molar-refractivity contribution is -0.0149. The van der Waals surface area contributed by atoms with E-state index in [1.54, 1.807) is 6.26 Å². The SMILES string of the molecule is CCNC(=NCc1cccc(COC(C)(C)C)c1)NCc1coc(-c2ccccc2)n1.I. The van der Waals surface area contributed by atoms with Gasteiger partial charge in [0.05, 0.1) is 31.0 Å². The molecule has 0 amide bonds. The summed E-state index contributed by atoms with van der Waals surface area (Å²) in [6, 6.07) is 18.2. The van der Waals surface area contributed by atoms with Gasteiger partial charge in [-0.25, -0.2) is 9.98 Å². The van der Waals surface area contributed by atoms with Gasteiger partial charge in [-0.2, -0.15) is 0 Å². The molecule has 0 aliphatic carbocycles. The zero-order valence-corrected chi connectivity index (χ0v) is 21.6. The minimum atomic E-state index is -0.155. The molecule has 32 heavy (non-hydrogen) atoms. The second kappa shape index (κ2) is 12.6. The number of aliphatic imine (C=N–C) groups is 1. The van der Waals surface area contributed by atoms with Gasteiger partial charge in [0.15, 0.2) is 5.96 Å². The van der Waals surface area contributed by atoms with Gasteiger partial charge in [-0.1, -0.05) is 42.5 Å². The fraction of sp³-hybridized carbons (Fsp3) is 0.360. The van der Waals surface area contributed by atoms with Crippen LogP contribution in [0, 0.1) is 0 Å². The molecule has 0 atom stereocenters. The van der Waals surface area contributed by atoms with Crippen LogP contribution in [-0.4, -0.2) is 23.1 Å². The summed E-state index contributed by atoms with van der Waals surface area (Å²) < 4.78 is 11.5. The number of guanidine groups is 1. The van der Waals surface area contributed by atoms with E-state index in [9.17, 15) is 0 Å². The van der Waals surface area contributed by atoms with Crippen LogP contribution >= 0.6 is 24.0 Å². The molecule has 7 heteroatoms. The first kappa shape index (κ1) is 25.9. The van der Waals surface area contributed by atoms with Gasteiger partial charge < -0.3 is 19.8 Å². The van der Waals surface area contributed by atoms with E-state index in [0.717, 1.165) is 34.9 Å². The van der Waals surface area contributed by atoms with Crippen LogP contribution < -0.4 is 10.6 Å². The third-order valence-electron chi connectivity index (χ3n) is 4.44. The summed E-state index contributed by atoms with van der Waals surface area (Å²) in [5.74, 6) is 1.36. The van der Waals surface area contributed by atoms with Gasteiger partial charge in [-0.3, -0.25) is 0 Å². The first-order chi connectivity index (χ1) is 14.9. The number of rotatable bonds is 8. The molecule has 0 saturated heterocycles. The molecule has 1 aromatic heterocycles. The Kier molecular flexibility index (Phi) is 10.2. The molecular formula is C25H33IN4O2. The number of aromatic nitrogens is 1. The molecule has 3 aromatic rings. The van der Waals surface area contributed by atoms with E-state index in [1.165, 1.54) is 0 Å². The van der Waals surface area contributed by atoms with Gasteiger partial charge in [0, 0.05) is 12.1 Å². The molecule has 0 aliphatic heterocycles. The average Bonchev–Trinajstić information content (AvgIpc) is 3.24. The summed E-state index contributed by atoms with van der Waals surface area (Å²) in [6.45, 7) is 10.7. The van der Waals surface area contributed by atoms with E-state index in [-0.39, 0.29) is 29.6 Å². The Morgan fingerprint density at radius 2 is 1.78 bits per heavy atom. The normalized spacial score (nSPS) is 11.7. The van der Waals surface area contributed by atoms with Crippen molar-refractivity contribution < 1.29 is 9.15 Å². The Labute approximate surface area is 207 Å². The van der Waals surface area contributed by atoms with Crippen LogP contribution in [0.5, 0.6) is 0 Å². The molecule has 0 unspecified atom stereocenters. The van der Waals surface area contributed by atoms with Crippen molar-refractivity contribution >= 4 is 29.9 Å². The van der Waals surface area contributed by atoms with Crippen LogP contribution in [0.25, 0.3) is 11.5 Å². The zero-order chi connectivity index (χ0) is 22.1. The lowest BCUT2D eigenvalue weighted by Gasteiger charge is -2.19. The Balaban J connectivity index is 0.00000363.